The highest BCUT2D eigenvalue weighted by atomic mass is 16.5. The Morgan fingerprint density at radius 3 is 2.96 bits per heavy atom. The molecule has 3 heterocycles. The second kappa shape index (κ2) is 7.48. The van der Waals surface area contributed by atoms with Crippen LogP contribution in [0.2, 0.25) is 0 Å². The number of pyridine rings is 1. The average Bonchev–Trinajstić information content (AvgIpc) is 3.28. The van der Waals surface area contributed by atoms with Crippen LogP contribution in [0.15, 0.2) is 42.7 Å². The number of carbonyl (C=O) groups excluding carboxylic acids is 1. The quantitative estimate of drug-likeness (QED) is 0.756. The predicted octanol–water partition coefficient (Wildman–Crippen LogP) is 2.75. The fourth-order valence-electron chi connectivity index (χ4n) is 3.81. The van der Waals surface area contributed by atoms with Crippen LogP contribution in [-0.2, 0) is 17.7 Å². The van der Waals surface area contributed by atoms with Crippen LogP contribution in [0.4, 0.5) is 0 Å². The van der Waals surface area contributed by atoms with Gasteiger partial charge in [0.15, 0.2) is 0 Å². The summed E-state index contributed by atoms with van der Waals surface area (Å²) in [7, 11) is 0. The zero-order valence-corrected chi connectivity index (χ0v) is 15.7. The molecular formula is C21H24N4O2. The zero-order chi connectivity index (χ0) is 18.8. The van der Waals surface area contributed by atoms with Crippen molar-refractivity contribution in [1.82, 2.24) is 20.1 Å². The van der Waals surface area contributed by atoms with Crippen LogP contribution >= 0.6 is 0 Å². The largest absolute Gasteiger partial charge is 0.379 e. The molecule has 0 aliphatic carbocycles. The smallest absolute Gasteiger partial charge is 0.255 e. The topological polar surface area (TPSA) is 69.0 Å². The summed E-state index contributed by atoms with van der Waals surface area (Å²) in [5.41, 5.74) is 3.77. The highest BCUT2D eigenvalue weighted by Gasteiger charge is 2.31. The summed E-state index contributed by atoms with van der Waals surface area (Å²) in [5.74, 6) is 0.161. The molecule has 1 saturated heterocycles. The first-order valence-corrected chi connectivity index (χ1v) is 9.41. The number of ether oxygens (including phenoxy) is 1. The number of amides is 1. The van der Waals surface area contributed by atoms with Gasteiger partial charge < -0.3 is 10.1 Å². The lowest BCUT2D eigenvalue weighted by atomic mass is 9.93. The first kappa shape index (κ1) is 17.7. The minimum absolute atomic E-state index is 0.00574. The summed E-state index contributed by atoms with van der Waals surface area (Å²) in [6.07, 6.45) is 4.35. The van der Waals surface area contributed by atoms with Crippen LogP contribution in [0.1, 0.15) is 28.5 Å². The van der Waals surface area contributed by atoms with Gasteiger partial charge in [-0.2, -0.15) is 5.10 Å². The molecule has 3 aromatic rings. The summed E-state index contributed by atoms with van der Waals surface area (Å²) in [6, 6.07) is 10.2. The van der Waals surface area contributed by atoms with Crippen LogP contribution in [0.25, 0.3) is 10.9 Å². The number of benzene rings is 1. The maximum atomic E-state index is 12.7. The van der Waals surface area contributed by atoms with Crippen LogP contribution in [0.5, 0.6) is 0 Å². The molecule has 1 aliphatic heterocycles. The van der Waals surface area contributed by atoms with E-state index in [1.807, 2.05) is 42.9 Å². The molecule has 0 spiro atoms. The van der Waals surface area contributed by atoms with Crippen molar-refractivity contribution in [3.8, 4) is 0 Å². The van der Waals surface area contributed by atoms with Gasteiger partial charge in [-0.1, -0.05) is 18.2 Å². The maximum absolute atomic E-state index is 12.7. The van der Waals surface area contributed by atoms with Gasteiger partial charge in [0, 0.05) is 29.7 Å². The minimum atomic E-state index is -0.0766. The van der Waals surface area contributed by atoms with Crippen molar-refractivity contribution < 1.29 is 9.53 Å². The lowest BCUT2D eigenvalue weighted by Gasteiger charge is -2.20. The number of hydrogen-bond donors (Lipinski definition) is 1. The molecule has 1 aliphatic rings. The van der Waals surface area contributed by atoms with Gasteiger partial charge in [0.2, 0.25) is 0 Å². The van der Waals surface area contributed by atoms with E-state index in [0.717, 1.165) is 29.6 Å². The lowest BCUT2D eigenvalue weighted by molar-refractivity contribution is 0.0924. The lowest BCUT2D eigenvalue weighted by Crippen LogP contribution is -2.40. The van der Waals surface area contributed by atoms with Crippen molar-refractivity contribution in [2.45, 2.75) is 32.9 Å². The van der Waals surface area contributed by atoms with Crippen molar-refractivity contribution in [2.75, 3.05) is 13.2 Å². The molecule has 2 aromatic heterocycles. The van der Waals surface area contributed by atoms with Gasteiger partial charge in [0.1, 0.15) is 0 Å². The molecule has 0 radical (unpaired) electrons. The summed E-state index contributed by atoms with van der Waals surface area (Å²) in [6.45, 7) is 5.89. The molecule has 0 saturated carbocycles. The third-order valence-electron chi connectivity index (χ3n) is 5.38. The van der Waals surface area contributed by atoms with E-state index in [0.29, 0.717) is 18.8 Å². The minimum Gasteiger partial charge on any atom is -0.379 e. The average molecular weight is 364 g/mol. The standard InChI is InChI=1S/C21H24N4O2/c1-3-25-14(2)18(11-23-25)21(26)24-20-13-27-12-16(20)10-15-8-9-22-19-7-5-4-6-17(15)19/h4-9,11,16,20H,3,10,12-13H2,1-2H3,(H,24,26)/t16-,20-/m1/s1. The van der Waals surface area contributed by atoms with Crippen LogP contribution in [0, 0.1) is 12.8 Å². The Morgan fingerprint density at radius 2 is 2.15 bits per heavy atom. The fourth-order valence-corrected chi connectivity index (χ4v) is 3.81. The van der Waals surface area contributed by atoms with E-state index < -0.39 is 0 Å². The Labute approximate surface area is 158 Å². The van der Waals surface area contributed by atoms with E-state index in [2.05, 4.69) is 27.5 Å². The van der Waals surface area contributed by atoms with Crippen molar-refractivity contribution in [3.63, 3.8) is 0 Å². The molecule has 6 nitrogen and oxygen atoms in total. The van der Waals surface area contributed by atoms with Gasteiger partial charge in [-0.25, -0.2) is 0 Å². The monoisotopic (exact) mass is 364 g/mol. The maximum Gasteiger partial charge on any atom is 0.255 e. The second-order valence-corrected chi connectivity index (χ2v) is 7.03. The molecule has 27 heavy (non-hydrogen) atoms. The molecule has 140 valence electrons. The van der Waals surface area contributed by atoms with E-state index in [-0.39, 0.29) is 17.9 Å². The van der Waals surface area contributed by atoms with Crippen molar-refractivity contribution in [3.05, 3.63) is 59.5 Å². The zero-order valence-electron chi connectivity index (χ0n) is 15.7. The molecule has 1 aromatic carbocycles. The molecule has 1 N–H and O–H groups in total. The van der Waals surface area contributed by atoms with Gasteiger partial charge in [0.25, 0.3) is 5.91 Å². The van der Waals surface area contributed by atoms with Crippen LogP contribution < -0.4 is 5.32 Å². The molecule has 0 bridgehead atoms. The number of aromatic nitrogens is 3. The molecule has 2 atom stereocenters. The Bertz CT molecular complexity index is 960. The summed E-state index contributed by atoms with van der Waals surface area (Å²) >= 11 is 0. The normalized spacial score (nSPS) is 19.5. The number of nitrogens with zero attached hydrogens (tertiary/aromatic N) is 3. The van der Waals surface area contributed by atoms with Crippen molar-refractivity contribution in [2.24, 2.45) is 5.92 Å². The first-order valence-electron chi connectivity index (χ1n) is 9.41. The van der Waals surface area contributed by atoms with Gasteiger partial charge >= 0.3 is 0 Å². The molecular weight excluding hydrogens is 340 g/mol. The number of carbonyl (C=O) groups is 1. The van der Waals surface area contributed by atoms with Crippen LogP contribution in [0.3, 0.4) is 0 Å². The number of aryl methyl sites for hydroxylation is 1. The Balaban J connectivity index is 1.50. The second-order valence-electron chi connectivity index (χ2n) is 7.03. The Hall–Kier alpha value is -2.73. The number of nitrogens with one attached hydrogen (secondary N) is 1. The van der Waals surface area contributed by atoms with Gasteiger partial charge in [0.05, 0.1) is 36.5 Å². The SMILES string of the molecule is CCn1ncc(C(=O)N[C@@H]2COC[C@H]2Cc2ccnc3ccccc23)c1C. The van der Waals surface area contributed by atoms with Crippen LogP contribution in [-0.4, -0.2) is 39.9 Å². The number of hydrogen-bond acceptors (Lipinski definition) is 4. The Kier molecular flexibility index (Phi) is 4.90. The number of para-hydroxylation sites is 1. The third kappa shape index (κ3) is 3.45. The van der Waals surface area contributed by atoms with Gasteiger partial charge in [-0.15, -0.1) is 0 Å². The van der Waals surface area contributed by atoms with Gasteiger partial charge in [-0.05, 0) is 38.0 Å². The van der Waals surface area contributed by atoms with E-state index in [9.17, 15) is 4.79 Å². The molecule has 0 unspecified atom stereocenters. The predicted molar refractivity (Wildman–Crippen MR) is 104 cm³/mol. The number of rotatable bonds is 5. The summed E-state index contributed by atoms with van der Waals surface area (Å²) in [5, 5.41) is 8.59. The molecule has 1 amide bonds. The highest BCUT2D eigenvalue weighted by Crippen LogP contribution is 2.24. The van der Waals surface area contributed by atoms with E-state index in [4.69, 9.17) is 4.74 Å². The first-order chi connectivity index (χ1) is 13.2. The third-order valence-corrected chi connectivity index (χ3v) is 5.38. The highest BCUT2D eigenvalue weighted by molar-refractivity contribution is 5.95. The molecule has 1 fully saturated rings. The van der Waals surface area contributed by atoms with E-state index in [1.54, 1.807) is 6.20 Å². The number of fused-ring (bicyclic) bond motifs is 1. The van der Waals surface area contributed by atoms with Crippen molar-refractivity contribution >= 4 is 16.8 Å². The fraction of sp³-hybridized carbons (Fsp3) is 0.381. The van der Waals surface area contributed by atoms with E-state index in [1.165, 1.54) is 5.56 Å². The molecule has 4 rings (SSSR count). The summed E-state index contributed by atoms with van der Waals surface area (Å²) < 4.78 is 7.53. The van der Waals surface area contributed by atoms with E-state index >= 15 is 0 Å². The summed E-state index contributed by atoms with van der Waals surface area (Å²) in [4.78, 5) is 17.2. The molecule has 6 heteroatoms. The Morgan fingerprint density at radius 1 is 1.30 bits per heavy atom. The van der Waals surface area contributed by atoms with Crippen molar-refractivity contribution in [1.29, 1.82) is 0 Å². The van der Waals surface area contributed by atoms with Gasteiger partial charge in [-0.3, -0.25) is 14.5 Å².